The molecule has 0 saturated heterocycles. The average Bonchev–Trinajstić information content (AvgIpc) is 2.11. The lowest BCUT2D eigenvalue weighted by Crippen LogP contribution is -2.32. The lowest BCUT2D eigenvalue weighted by atomic mass is 9.76. The number of allylic oxidation sites excluding steroid dienone is 3. The van der Waals surface area contributed by atoms with Crippen molar-refractivity contribution in [3.63, 3.8) is 0 Å². The molecule has 0 bridgehead atoms. The molecule has 0 spiro atoms. The largest absolute Gasteiger partial charge is 0.330 e. The summed E-state index contributed by atoms with van der Waals surface area (Å²) >= 11 is -1.78. The molecule has 0 amide bonds. The summed E-state index contributed by atoms with van der Waals surface area (Å²) in [5.74, 6) is 0.207. The molecule has 3 nitrogen and oxygen atoms in total. The number of hydrogen-bond donors (Lipinski definition) is 2. The molecule has 0 fully saturated rings. The quantitative estimate of drug-likeness (QED) is 0.700. The number of hydrogen-bond acceptors (Lipinski definition) is 2. The highest BCUT2D eigenvalue weighted by Gasteiger charge is 2.29. The molecule has 0 aromatic heterocycles. The van der Waals surface area contributed by atoms with Crippen LogP contribution in [-0.2, 0) is 11.1 Å². The Balaban J connectivity index is 2.93. The maximum Gasteiger partial charge on any atom is 0.157 e. The monoisotopic (exact) mass is 215 g/mol. The van der Waals surface area contributed by atoms with Crippen LogP contribution in [0.25, 0.3) is 0 Å². The van der Waals surface area contributed by atoms with E-state index >= 15 is 0 Å². The molecule has 0 aromatic rings. The van der Waals surface area contributed by atoms with Gasteiger partial charge in [0.2, 0.25) is 0 Å². The molecule has 4 heteroatoms. The van der Waals surface area contributed by atoms with Crippen LogP contribution in [0.15, 0.2) is 23.3 Å². The second-order valence-electron chi connectivity index (χ2n) is 4.05. The summed E-state index contributed by atoms with van der Waals surface area (Å²) in [5, 5.41) is 0. The van der Waals surface area contributed by atoms with Gasteiger partial charge in [-0.1, -0.05) is 24.6 Å². The minimum absolute atomic E-state index is 0.141. The van der Waals surface area contributed by atoms with Crippen molar-refractivity contribution in [2.24, 2.45) is 11.1 Å². The van der Waals surface area contributed by atoms with Gasteiger partial charge < -0.3 is 10.3 Å². The van der Waals surface area contributed by atoms with Crippen LogP contribution < -0.4 is 5.73 Å². The van der Waals surface area contributed by atoms with Gasteiger partial charge in [-0.25, -0.2) is 4.21 Å². The van der Waals surface area contributed by atoms with Gasteiger partial charge in [0, 0.05) is 12.0 Å². The fourth-order valence-corrected chi connectivity index (χ4v) is 2.29. The van der Waals surface area contributed by atoms with Gasteiger partial charge in [0.05, 0.1) is 5.75 Å². The van der Waals surface area contributed by atoms with Crippen LogP contribution in [0, 0.1) is 5.41 Å². The van der Waals surface area contributed by atoms with Crippen LogP contribution in [-0.4, -0.2) is 21.1 Å². The van der Waals surface area contributed by atoms with Crippen LogP contribution in [0.1, 0.15) is 20.3 Å². The molecule has 0 radical (unpaired) electrons. The fraction of sp³-hybridized carbons (Fsp3) is 0.600. The molecule has 2 atom stereocenters. The average molecular weight is 215 g/mol. The van der Waals surface area contributed by atoms with Crippen molar-refractivity contribution < 1.29 is 8.76 Å². The molecule has 2 unspecified atom stereocenters. The molecule has 0 heterocycles. The van der Waals surface area contributed by atoms with Crippen molar-refractivity contribution in [3.8, 4) is 0 Å². The second-order valence-corrected chi connectivity index (χ2v) is 4.98. The smallest absolute Gasteiger partial charge is 0.157 e. The third-order valence-electron chi connectivity index (χ3n) is 2.78. The first-order valence-corrected chi connectivity index (χ1v) is 5.91. The van der Waals surface area contributed by atoms with Gasteiger partial charge in [0.1, 0.15) is 0 Å². The van der Waals surface area contributed by atoms with Gasteiger partial charge >= 0.3 is 0 Å². The summed E-state index contributed by atoms with van der Waals surface area (Å²) < 4.78 is 19.7. The zero-order valence-corrected chi connectivity index (χ0v) is 9.43. The summed E-state index contributed by atoms with van der Waals surface area (Å²) in [6.07, 6.45) is 4.96. The fourth-order valence-electron chi connectivity index (χ4n) is 1.59. The Kier molecular flexibility index (Phi) is 3.64. The van der Waals surface area contributed by atoms with E-state index in [2.05, 4.69) is 6.08 Å². The van der Waals surface area contributed by atoms with Gasteiger partial charge in [0.15, 0.2) is 11.1 Å². The van der Waals surface area contributed by atoms with E-state index in [0.717, 1.165) is 17.6 Å². The Bertz CT molecular complexity index is 309. The Labute approximate surface area is 87.4 Å². The Hall–Kier alpha value is -0.450. The summed E-state index contributed by atoms with van der Waals surface area (Å²) in [6.45, 7) is 4.55. The standard InChI is InChI=1S/C10H17NO2S/c1-8-3-4-10(2,7-11)9(5-8)6-14(12)13/h3,5H,4,6-7,11H2,1-2H3,(H,12,13). The lowest BCUT2D eigenvalue weighted by Gasteiger charge is -2.32. The zero-order chi connectivity index (χ0) is 10.8. The summed E-state index contributed by atoms with van der Waals surface area (Å²) in [6, 6.07) is 0. The van der Waals surface area contributed by atoms with Gasteiger partial charge in [-0.3, -0.25) is 0 Å². The van der Waals surface area contributed by atoms with E-state index in [0.29, 0.717) is 6.54 Å². The first kappa shape index (κ1) is 11.6. The first-order valence-electron chi connectivity index (χ1n) is 4.63. The summed E-state index contributed by atoms with van der Waals surface area (Å²) in [5.41, 5.74) is 7.69. The maximum atomic E-state index is 10.8. The van der Waals surface area contributed by atoms with Crippen molar-refractivity contribution in [2.45, 2.75) is 20.3 Å². The Morgan fingerprint density at radius 1 is 1.71 bits per heavy atom. The van der Waals surface area contributed by atoms with Crippen LogP contribution in [0.3, 0.4) is 0 Å². The van der Waals surface area contributed by atoms with Crippen LogP contribution in [0.2, 0.25) is 0 Å². The lowest BCUT2D eigenvalue weighted by molar-refractivity contribution is 0.409. The zero-order valence-electron chi connectivity index (χ0n) is 8.62. The van der Waals surface area contributed by atoms with E-state index in [4.69, 9.17) is 10.3 Å². The van der Waals surface area contributed by atoms with E-state index in [1.165, 1.54) is 0 Å². The molecule has 0 aromatic carbocycles. The number of nitrogens with two attached hydrogens (primary N) is 1. The Morgan fingerprint density at radius 2 is 2.36 bits per heavy atom. The number of rotatable bonds is 3. The highest BCUT2D eigenvalue weighted by atomic mass is 32.2. The molecule has 1 aliphatic carbocycles. The molecular weight excluding hydrogens is 198 g/mol. The minimum Gasteiger partial charge on any atom is -0.330 e. The summed E-state index contributed by atoms with van der Waals surface area (Å²) in [4.78, 5) is 0. The van der Waals surface area contributed by atoms with Crippen molar-refractivity contribution in [2.75, 3.05) is 12.3 Å². The molecular formula is C10H17NO2S. The SMILES string of the molecule is CC1=CCC(C)(CN)C(CS(=O)O)=C1. The summed E-state index contributed by atoms with van der Waals surface area (Å²) in [7, 11) is 0. The Morgan fingerprint density at radius 3 is 2.86 bits per heavy atom. The third kappa shape index (κ3) is 2.53. The second kappa shape index (κ2) is 4.38. The first-order chi connectivity index (χ1) is 6.48. The van der Waals surface area contributed by atoms with Gasteiger partial charge in [-0.05, 0) is 18.9 Å². The molecule has 3 N–H and O–H groups in total. The van der Waals surface area contributed by atoms with E-state index in [9.17, 15) is 4.21 Å². The molecule has 1 rings (SSSR count). The predicted molar refractivity (Wildman–Crippen MR) is 59.3 cm³/mol. The minimum atomic E-state index is -1.78. The van der Waals surface area contributed by atoms with Crippen molar-refractivity contribution in [1.82, 2.24) is 0 Å². The van der Waals surface area contributed by atoms with Crippen LogP contribution >= 0.6 is 0 Å². The van der Waals surface area contributed by atoms with E-state index in [-0.39, 0.29) is 11.2 Å². The van der Waals surface area contributed by atoms with Crippen molar-refractivity contribution in [3.05, 3.63) is 23.3 Å². The molecule has 1 aliphatic rings. The van der Waals surface area contributed by atoms with Crippen LogP contribution in [0.4, 0.5) is 0 Å². The van der Waals surface area contributed by atoms with Crippen LogP contribution in [0.5, 0.6) is 0 Å². The van der Waals surface area contributed by atoms with Crippen molar-refractivity contribution >= 4 is 11.1 Å². The molecule has 14 heavy (non-hydrogen) atoms. The molecule has 0 aliphatic heterocycles. The predicted octanol–water partition coefficient (Wildman–Crippen LogP) is 1.45. The van der Waals surface area contributed by atoms with E-state index in [1.54, 1.807) is 0 Å². The molecule has 80 valence electrons. The normalized spacial score (nSPS) is 29.4. The van der Waals surface area contributed by atoms with Crippen molar-refractivity contribution in [1.29, 1.82) is 0 Å². The van der Waals surface area contributed by atoms with E-state index in [1.807, 2.05) is 19.9 Å². The third-order valence-corrected chi connectivity index (χ3v) is 3.34. The van der Waals surface area contributed by atoms with Gasteiger partial charge in [-0.2, -0.15) is 0 Å². The molecule has 0 saturated carbocycles. The van der Waals surface area contributed by atoms with Gasteiger partial charge in [-0.15, -0.1) is 0 Å². The highest BCUT2D eigenvalue weighted by Crippen LogP contribution is 2.35. The highest BCUT2D eigenvalue weighted by molar-refractivity contribution is 7.79. The maximum absolute atomic E-state index is 10.8. The van der Waals surface area contributed by atoms with E-state index < -0.39 is 11.1 Å². The van der Waals surface area contributed by atoms with Gasteiger partial charge in [0.25, 0.3) is 0 Å². The topological polar surface area (TPSA) is 63.3 Å².